The smallest absolute Gasteiger partial charge is 0.123 e. The Morgan fingerprint density at radius 2 is 1.29 bits per heavy atom. The third kappa shape index (κ3) is 11.0. The van der Waals surface area contributed by atoms with E-state index in [9.17, 15) is 13.9 Å². The number of benzene rings is 3. The van der Waals surface area contributed by atoms with E-state index in [1.807, 2.05) is 0 Å². The van der Waals surface area contributed by atoms with E-state index in [4.69, 9.17) is 4.74 Å². The molecule has 3 aromatic rings. The highest BCUT2D eigenvalue weighted by atomic mass is 19.1. The van der Waals surface area contributed by atoms with Crippen molar-refractivity contribution in [2.75, 3.05) is 13.3 Å². The number of aliphatic hydroxyl groups is 1. The zero-order valence-electron chi connectivity index (χ0n) is 21.6. The lowest BCUT2D eigenvalue weighted by Gasteiger charge is -2.15. The van der Waals surface area contributed by atoms with E-state index < -0.39 is 19.0 Å². The van der Waals surface area contributed by atoms with Crippen molar-refractivity contribution in [3.05, 3.63) is 60.7 Å². The maximum Gasteiger partial charge on any atom is 0.123 e. The van der Waals surface area contributed by atoms with Gasteiger partial charge in [-0.15, -0.1) is 0 Å². The fourth-order valence-corrected chi connectivity index (χ4v) is 4.25. The van der Waals surface area contributed by atoms with Crippen molar-refractivity contribution in [2.45, 2.75) is 96.4 Å². The lowest BCUT2D eigenvalue weighted by molar-refractivity contribution is 0.0249. The van der Waals surface area contributed by atoms with Crippen LogP contribution in [-0.2, 0) is 4.74 Å². The van der Waals surface area contributed by atoms with Gasteiger partial charge in [0.15, 0.2) is 0 Å². The second-order valence-corrected chi connectivity index (χ2v) is 9.45. The molecule has 194 valence electrons. The van der Waals surface area contributed by atoms with Gasteiger partial charge in [-0.3, -0.25) is 0 Å². The van der Waals surface area contributed by atoms with Gasteiger partial charge in [-0.2, -0.15) is 0 Å². The minimum Gasteiger partial charge on any atom is -0.390 e. The molecule has 1 N–H and O–H groups in total. The molecule has 35 heavy (non-hydrogen) atoms. The second-order valence-electron chi connectivity index (χ2n) is 9.45. The van der Waals surface area contributed by atoms with Crippen molar-refractivity contribution < 1.29 is 18.6 Å². The van der Waals surface area contributed by atoms with Crippen LogP contribution >= 0.6 is 0 Å². The van der Waals surface area contributed by atoms with Gasteiger partial charge >= 0.3 is 0 Å². The van der Waals surface area contributed by atoms with Crippen molar-refractivity contribution >= 4 is 21.5 Å². The molecule has 0 aromatic heterocycles. The van der Waals surface area contributed by atoms with Crippen LogP contribution in [-0.4, -0.2) is 36.8 Å². The zero-order valence-corrected chi connectivity index (χ0v) is 21.6. The SMILES string of the molecule is CCCCCCCCOC(CF)CCCCC(O)C(C)F.c1ccc2c(c1)ccc1ccccc12. The number of halogens is 2. The minimum absolute atomic E-state index is 0.333. The van der Waals surface area contributed by atoms with Crippen LogP contribution < -0.4 is 0 Å². The monoisotopic (exact) mass is 486 g/mol. The van der Waals surface area contributed by atoms with Gasteiger partial charge < -0.3 is 9.84 Å². The van der Waals surface area contributed by atoms with Gasteiger partial charge in [-0.05, 0) is 47.7 Å². The molecule has 3 aromatic carbocycles. The molecule has 0 aliphatic carbocycles. The van der Waals surface area contributed by atoms with Gasteiger partial charge in [-0.25, -0.2) is 8.78 Å². The van der Waals surface area contributed by atoms with Crippen LogP contribution in [0.1, 0.15) is 78.1 Å². The van der Waals surface area contributed by atoms with Crippen LogP contribution in [0, 0.1) is 0 Å². The van der Waals surface area contributed by atoms with Crippen molar-refractivity contribution in [1.82, 2.24) is 0 Å². The first-order chi connectivity index (χ1) is 17.1. The minimum atomic E-state index is -1.19. The van der Waals surface area contributed by atoms with Crippen molar-refractivity contribution in [1.29, 1.82) is 0 Å². The lowest BCUT2D eigenvalue weighted by atomic mass is 10.0. The molecule has 0 saturated carbocycles. The summed E-state index contributed by atoms with van der Waals surface area (Å²) in [4.78, 5) is 0. The first-order valence-corrected chi connectivity index (χ1v) is 13.4. The van der Waals surface area contributed by atoms with Gasteiger partial charge in [0.05, 0.1) is 12.2 Å². The summed E-state index contributed by atoms with van der Waals surface area (Å²) in [5.41, 5.74) is 0. The Balaban J connectivity index is 0.000000263. The summed E-state index contributed by atoms with van der Waals surface area (Å²) < 4.78 is 31.1. The Morgan fingerprint density at radius 1 is 0.743 bits per heavy atom. The van der Waals surface area contributed by atoms with E-state index >= 15 is 0 Å². The normalized spacial score (nSPS) is 13.9. The molecule has 0 aliphatic heterocycles. The summed E-state index contributed by atoms with van der Waals surface area (Å²) in [5.74, 6) is 0. The Hall–Kier alpha value is -2.04. The Kier molecular flexibility index (Phi) is 14.5. The summed E-state index contributed by atoms with van der Waals surface area (Å²) in [7, 11) is 0. The Bertz CT molecular complexity index is 889. The topological polar surface area (TPSA) is 29.5 Å². The molecule has 0 spiro atoms. The highest BCUT2D eigenvalue weighted by molar-refractivity contribution is 6.07. The summed E-state index contributed by atoms with van der Waals surface area (Å²) in [6, 6.07) is 21.4. The Labute approximate surface area is 210 Å². The molecule has 2 nitrogen and oxygen atoms in total. The molecule has 3 unspecified atom stereocenters. The predicted molar refractivity (Wildman–Crippen MR) is 146 cm³/mol. The van der Waals surface area contributed by atoms with E-state index in [2.05, 4.69) is 67.6 Å². The van der Waals surface area contributed by atoms with Crippen LogP contribution in [0.4, 0.5) is 8.78 Å². The average molecular weight is 487 g/mol. The van der Waals surface area contributed by atoms with E-state index in [0.29, 0.717) is 25.9 Å². The van der Waals surface area contributed by atoms with Gasteiger partial charge in [-0.1, -0.05) is 113 Å². The molecule has 0 amide bonds. The van der Waals surface area contributed by atoms with Crippen LogP contribution in [0.3, 0.4) is 0 Å². The standard InChI is InChI=1S/C17H34F2O2.C14H10/c1-3-4-5-6-7-10-13-21-16(14-18)11-8-9-12-17(20)15(2)19;1-3-7-13-11(5-1)9-10-12-6-2-4-8-14(12)13/h15-17,20H,3-14H2,1-2H3;1-10H. The molecule has 0 radical (unpaired) electrons. The number of alkyl halides is 2. The molecule has 0 saturated heterocycles. The molecule has 3 atom stereocenters. The molecular formula is C31H44F2O2. The number of ether oxygens (including phenoxy) is 1. The van der Waals surface area contributed by atoms with Gasteiger partial charge in [0, 0.05) is 6.61 Å². The number of aliphatic hydroxyl groups excluding tert-OH is 1. The molecular weight excluding hydrogens is 442 g/mol. The zero-order chi connectivity index (χ0) is 25.3. The maximum atomic E-state index is 12.8. The third-order valence-corrected chi connectivity index (χ3v) is 6.48. The molecule has 4 heteroatoms. The van der Waals surface area contributed by atoms with Crippen molar-refractivity contribution in [3.63, 3.8) is 0 Å². The lowest BCUT2D eigenvalue weighted by Crippen LogP contribution is -2.19. The van der Waals surface area contributed by atoms with Gasteiger partial charge in [0.1, 0.15) is 12.8 Å². The predicted octanol–water partition coefficient (Wildman–Crippen LogP) is 8.97. The second kappa shape index (κ2) is 17.4. The van der Waals surface area contributed by atoms with E-state index in [1.54, 1.807) is 0 Å². The first kappa shape index (κ1) is 29.2. The highest BCUT2D eigenvalue weighted by Gasteiger charge is 2.13. The number of hydrogen-bond acceptors (Lipinski definition) is 2. The highest BCUT2D eigenvalue weighted by Crippen LogP contribution is 2.24. The Morgan fingerprint density at radius 3 is 1.86 bits per heavy atom. The number of hydrogen-bond donors (Lipinski definition) is 1. The van der Waals surface area contributed by atoms with Gasteiger partial charge in [0.2, 0.25) is 0 Å². The molecule has 0 bridgehead atoms. The van der Waals surface area contributed by atoms with Crippen molar-refractivity contribution in [3.8, 4) is 0 Å². The van der Waals surface area contributed by atoms with E-state index in [0.717, 1.165) is 19.3 Å². The summed E-state index contributed by atoms with van der Waals surface area (Å²) in [6.45, 7) is 3.73. The average Bonchev–Trinajstić information content (AvgIpc) is 2.89. The molecule has 0 aliphatic rings. The van der Waals surface area contributed by atoms with Gasteiger partial charge in [0.25, 0.3) is 0 Å². The third-order valence-electron chi connectivity index (χ3n) is 6.48. The number of fused-ring (bicyclic) bond motifs is 3. The first-order valence-electron chi connectivity index (χ1n) is 13.4. The summed E-state index contributed by atoms with van der Waals surface area (Å²) in [5, 5.41) is 14.6. The summed E-state index contributed by atoms with van der Waals surface area (Å²) in [6.07, 6.45) is 7.36. The fraction of sp³-hybridized carbons (Fsp3) is 0.548. The number of rotatable bonds is 15. The molecule has 3 rings (SSSR count). The van der Waals surface area contributed by atoms with Crippen molar-refractivity contribution in [2.24, 2.45) is 0 Å². The van der Waals surface area contributed by atoms with E-state index in [-0.39, 0.29) is 6.10 Å². The van der Waals surface area contributed by atoms with E-state index in [1.165, 1.54) is 54.2 Å². The largest absolute Gasteiger partial charge is 0.390 e. The molecule has 0 fully saturated rings. The quantitative estimate of drug-likeness (QED) is 0.172. The molecule has 0 heterocycles. The maximum absolute atomic E-state index is 12.8. The summed E-state index contributed by atoms with van der Waals surface area (Å²) >= 11 is 0. The van der Waals surface area contributed by atoms with Crippen LogP contribution in [0.15, 0.2) is 60.7 Å². The van der Waals surface area contributed by atoms with Crippen LogP contribution in [0.2, 0.25) is 0 Å². The fourth-order valence-electron chi connectivity index (χ4n) is 4.25. The number of unbranched alkanes of at least 4 members (excludes halogenated alkanes) is 6. The van der Waals surface area contributed by atoms with Crippen LogP contribution in [0.25, 0.3) is 21.5 Å². The van der Waals surface area contributed by atoms with Crippen LogP contribution in [0.5, 0.6) is 0 Å².